The molecule has 1 aromatic carbocycles. The van der Waals surface area contributed by atoms with E-state index in [0.29, 0.717) is 0 Å². The molecule has 4 rings (SSSR count). The Bertz CT molecular complexity index is 709. The fourth-order valence-corrected chi connectivity index (χ4v) is 2.90. The third-order valence-electron chi connectivity index (χ3n) is 3.84. The molecule has 0 amide bonds. The second kappa shape index (κ2) is 5.11. The van der Waals surface area contributed by atoms with Gasteiger partial charge in [-0.3, -0.25) is 4.90 Å². The van der Waals surface area contributed by atoms with Crippen molar-refractivity contribution >= 4 is 23.0 Å². The molecule has 1 aliphatic rings. The van der Waals surface area contributed by atoms with E-state index in [4.69, 9.17) is 0 Å². The van der Waals surface area contributed by atoms with E-state index in [1.165, 1.54) is 0 Å². The van der Waals surface area contributed by atoms with Crippen LogP contribution in [0.1, 0.15) is 6.92 Å². The van der Waals surface area contributed by atoms with Gasteiger partial charge in [-0.1, -0.05) is 24.3 Å². The average Bonchev–Trinajstić information content (AvgIpc) is 2.88. The summed E-state index contributed by atoms with van der Waals surface area (Å²) < 4.78 is 0. The van der Waals surface area contributed by atoms with Crippen molar-refractivity contribution in [2.75, 3.05) is 9.80 Å². The van der Waals surface area contributed by atoms with Gasteiger partial charge in [-0.15, -0.1) is 0 Å². The summed E-state index contributed by atoms with van der Waals surface area (Å²) in [5, 5.41) is 0. The Labute approximate surface area is 128 Å². The minimum Gasteiger partial charge on any atom is -0.316 e. The second-order valence-corrected chi connectivity index (χ2v) is 5.13. The Morgan fingerprint density at radius 1 is 0.909 bits per heavy atom. The van der Waals surface area contributed by atoms with Crippen molar-refractivity contribution < 1.29 is 0 Å². The molecule has 5 nitrogen and oxygen atoms in total. The van der Waals surface area contributed by atoms with Crippen LogP contribution in [0.25, 0.3) is 0 Å². The summed E-state index contributed by atoms with van der Waals surface area (Å²) in [5.74, 6) is 1.76. The average molecular weight is 289 g/mol. The number of para-hydroxylation sites is 1. The lowest BCUT2D eigenvalue weighted by Crippen LogP contribution is -2.35. The van der Waals surface area contributed by atoms with Gasteiger partial charge < -0.3 is 4.90 Å². The molecule has 1 aliphatic heterocycles. The smallest absolute Gasteiger partial charge is 0.163 e. The molecule has 3 heterocycles. The summed E-state index contributed by atoms with van der Waals surface area (Å²) in [7, 11) is 0. The van der Waals surface area contributed by atoms with E-state index in [0.717, 1.165) is 23.0 Å². The van der Waals surface area contributed by atoms with Crippen molar-refractivity contribution in [3.05, 3.63) is 67.3 Å². The summed E-state index contributed by atoms with van der Waals surface area (Å²) >= 11 is 0. The zero-order valence-electron chi connectivity index (χ0n) is 12.2. The van der Waals surface area contributed by atoms with E-state index in [9.17, 15) is 0 Å². The molecular weight excluding hydrogens is 274 g/mol. The number of fused-ring (bicyclic) bond motifs is 1. The van der Waals surface area contributed by atoms with E-state index in [2.05, 4.69) is 43.8 Å². The maximum Gasteiger partial charge on any atom is 0.163 e. The SMILES string of the molecule is CC1N(c2ccccc2)c2cncnc2N1c1ccccn1. The molecule has 108 valence electrons. The number of aromatic nitrogens is 3. The number of nitrogens with zero attached hydrogens (tertiary/aromatic N) is 5. The van der Waals surface area contributed by atoms with E-state index < -0.39 is 0 Å². The van der Waals surface area contributed by atoms with E-state index in [-0.39, 0.29) is 6.17 Å². The van der Waals surface area contributed by atoms with Gasteiger partial charge in [-0.25, -0.2) is 15.0 Å². The van der Waals surface area contributed by atoms with Gasteiger partial charge in [-0.2, -0.15) is 0 Å². The number of benzene rings is 1. The highest BCUT2D eigenvalue weighted by atomic mass is 15.5. The Kier molecular flexibility index (Phi) is 2.96. The molecule has 0 radical (unpaired) electrons. The van der Waals surface area contributed by atoms with Crippen LogP contribution in [0.5, 0.6) is 0 Å². The quantitative estimate of drug-likeness (QED) is 0.722. The molecular formula is C17H15N5. The molecule has 0 aliphatic carbocycles. The maximum absolute atomic E-state index is 4.48. The van der Waals surface area contributed by atoms with Crippen molar-refractivity contribution in [1.82, 2.24) is 15.0 Å². The molecule has 3 aromatic rings. The first kappa shape index (κ1) is 12.8. The molecule has 1 atom stereocenters. The van der Waals surface area contributed by atoms with Crippen LogP contribution in [0.15, 0.2) is 67.3 Å². The van der Waals surface area contributed by atoms with Gasteiger partial charge in [0.25, 0.3) is 0 Å². The van der Waals surface area contributed by atoms with Gasteiger partial charge in [0, 0.05) is 11.9 Å². The summed E-state index contributed by atoms with van der Waals surface area (Å²) in [4.78, 5) is 17.5. The largest absolute Gasteiger partial charge is 0.316 e. The topological polar surface area (TPSA) is 45.2 Å². The number of pyridine rings is 1. The number of hydrogen-bond acceptors (Lipinski definition) is 5. The second-order valence-electron chi connectivity index (χ2n) is 5.13. The first-order valence-electron chi connectivity index (χ1n) is 7.21. The van der Waals surface area contributed by atoms with Crippen LogP contribution in [0.2, 0.25) is 0 Å². The zero-order valence-corrected chi connectivity index (χ0v) is 12.2. The summed E-state index contributed by atoms with van der Waals surface area (Å²) in [5.41, 5.74) is 2.11. The molecule has 22 heavy (non-hydrogen) atoms. The Balaban J connectivity index is 1.87. The van der Waals surface area contributed by atoms with Crippen molar-refractivity contribution in [3.63, 3.8) is 0 Å². The summed E-state index contributed by atoms with van der Waals surface area (Å²) in [6, 6.07) is 16.2. The molecule has 0 N–H and O–H groups in total. The molecule has 0 fully saturated rings. The highest BCUT2D eigenvalue weighted by Crippen LogP contribution is 2.44. The standard InChI is InChI=1S/C17H15N5/c1-13-21(14-7-3-2-4-8-14)15-11-18-12-20-17(15)22(13)16-9-5-6-10-19-16/h2-13H,1H3. The van der Waals surface area contributed by atoms with E-state index in [1.807, 2.05) is 42.6 Å². The number of rotatable bonds is 2. The first-order valence-corrected chi connectivity index (χ1v) is 7.21. The minimum atomic E-state index is 0.0731. The number of hydrogen-bond donors (Lipinski definition) is 0. The first-order chi connectivity index (χ1) is 10.9. The third-order valence-corrected chi connectivity index (χ3v) is 3.84. The van der Waals surface area contributed by atoms with Crippen molar-refractivity contribution in [2.24, 2.45) is 0 Å². The lowest BCUT2D eigenvalue weighted by Gasteiger charge is -2.28. The normalized spacial score (nSPS) is 16.7. The van der Waals surface area contributed by atoms with Crippen LogP contribution in [-0.2, 0) is 0 Å². The van der Waals surface area contributed by atoms with Crippen molar-refractivity contribution in [3.8, 4) is 0 Å². The van der Waals surface area contributed by atoms with E-state index in [1.54, 1.807) is 12.5 Å². The van der Waals surface area contributed by atoms with Gasteiger partial charge in [-0.05, 0) is 31.2 Å². The van der Waals surface area contributed by atoms with Crippen LogP contribution in [0.4, 0.5) is 23.0 Å². The van der Waals surface area contributed by atoms with Gasteiger partial charge >= 0.3 is 0 Å². The Morgan fingerprint density at radius 2 is 1.73 bits per heavy atom. The monoisotopic (exact) mass is 289 g/mol. The molecule has 0 spiro atoms. The predicted molar refractivity (Wildman–Crippen MR) is 86.5 cm³/mol. The van der Waals surface area contributed by atoms with Crippen LogP contribution >= 0.6 is 0 Å². The van der Waals surface area contributed by atoms with Crippen LogP contribution in [0.3, 0.4) is 0 Å². The lowest BCUT2D eigenvalue weighted by atomic mass is 10.2. The minimum absolute atomic E-state index is 0.0731. The fraction of sp³-hybridized carbons (Fsp3) is 0.118. The van der Waals surface area contributed by atoms with Crippen molar-refractivity contribution in [1.29, 1.82) is 0 Å². The zero-order chi connectivity index (χ0) is 14.9. The molecule has 5 heteroatoms. The van der Waals surface area contributed by atoms with Gasteiger partial charge in [0.15, 0.2) is 5.82 Å². The summed E-state index contributed by atoms with van der Waals surface area (Å²) in [6.07, 6.45) is 5.31. The highest BCUT2D eigenvalue weighted by molar-refractivity contribution is 5.84. The van der Waals surface area contributed by atoms with Gasteiger partial charge in [0.2, 0.25) is 0 Å². The number of anilines is 4. The Morgan fingerprint density at radius 3 is 2.50 bits per heavy atom. The van der Waals surface area contributed by atoms with Gasteiger partial charge in [0.05, 0.1) is 6.20 Å². The molecule has 0 bridgehead atoms. The highest BCUT2D eigenvalue weighted by Gasteiger charge is 2.36. The van der Waals surface area contributed by atoms with Crippen molar-refractivity contribution in [2.45, 2.75) is 13.1 Å². The Hall–Kier alpha value is -2.95. The van der Waals surface area contributed by atoms with Gasteiger partial charge in [0.1, 0.15) is 24.0 Å². The summed E-state index contributed by atoms with van der Waals surface area (Å²) in [6.45, 7) is 2.14. The van der Waals surface area contributed by atoms with Crippen LogP contribution in [0, 0.1) is 0 Å². The maximum atomic E-state index is 4.48. The molecule has 0 saturated heterocycles. The third kappa shape index (κ3) is 1.90. The predicted octanol–water partition coefficient (Wildman–Crippen LogP) is 3.51. The molecule has 1 unspecified atom stereocenters. The van der Waals surface area contributed by atoms with E-state index >= 15 is 0 Å². The molecule has 2 aromatic heterocycles. The van der Waals surface area contributed by atoms with Crippen LogP contribution < -0.4 is 9.80 Å². The van der Waals surface area contributed by atoms with Crippen LogP contribution in [-0.4, -0.2) is 21.1 Å². The fourth-order valence-electron chi connectivity index (χ4n) is 2.90. The lowest BCUT2D eigenvalue weighted by molar-refractivity contribution is 0.748. The molecule has 0 saturated carbocycles.